The van der Waals surface area contributed by atoms with E-state index in [1.54, 1.807) is 12.1 Å². The van der Waals surface area contributed by atoms with Gasteiger partial charge < -0.3 is 25.6 Å². The highest BCUT2D eigenvalue weighted by Gasteiger charge is 2.22. The number of aromatic nitrogens is 1. The van der Waals surface area contributed by atoms with E-state index in [9.17, 15) is 9.50 Å². The zero-order valence-electron chi connectivity index (χ0n) is 17.7. The maximum Gasteiger partial charge on any atom is 0.300 e. The second-order valence-corrected chi connectivity index (χ2v) is 7.42. The van der Waals surface area contributed by atoms with E-state index >= 15 is 0 Å². The molecule has 9 heteroatoms. The zero-order valence-corrected chi connectivity index (χ0v) is 17.7. The molecule has 1 aliphatic rings. The Labute approximate surface area is 175 Å². The summed E-state index contributed by atoms with van der Waals surface area (Å²) in [7, 11) is 2.01. The van der Waals surface area contributed by atoms with Gasteiger partial charge in [0.1, 0.15) is 5.82 Å². The normalized spacial score (nSPS) is 15.0. The SMILES string of the molecule is CC(=O)O.CC(=O)O.CN(Cc1cc2cc(F)ccc2[nH]1)CC(O)C1CCNCC1. The van der Waals surface area contributed by atoms with Crippen LogP contribution in [0.4, 0.5) is 4.39 Å². The van der Waals surface area contributed by atoms with Gasteiger partial charge in [-0.2, -0.15) is 0 Å². The van der Waals surface area contributed by atoms with Crippen LogP contribution in [0.15, 0.2) is 24.3 Å². The summed E-state index contributed by atoms with van der Waals surface area (Å²) < 4.78 is 13.2. The van der Waals surface area contributed by atoms with Gasteiger partial charge in [-0.3, -0.25) is 14.5 Å². The molecule has 1 atom stereocenters. The highest BCUT2D eigenvalue weighted by Crippen LogP contribution is 2.19. The van der Waals surface area contributed by atoms with Crippen molar-refractivity contribution in [2.24, 2.45) is 5.92 Å². The lowest BCUT2D eigenvalue weighted by Crippen LogP contribution is -2.39. The third-order valence-corrected chi connectivity index (χ3v) is 4.51. The van der Waals surface area contributed by atoms with Gasteiger partial charge in [-0.25, -0.2) is 4.39 Å². The van der Waals surface area contributed by atoms with Crippen molar-refractivity contribution in [3.63, 3.8) is 0 Å². The van der Waals surface area contributed by atoms with Crippen molar-refractivity contribution in [2.45, 2.75) is 39.3 Å². The Hall–Kier alpha value is -2.49. The summed E-state index contributed by atoms with van der Waals surface area (Å²) in [5, 5.41) is 29.4. The summed E-state index contributed by atoms with van der Waals surface area (Å²) >= 11 is 0. The van der Waals surface area contributed by atoms with E-state index in [-0.39, 0.29) is 11.9 Å². The van der Waals surface area contributed by atoms with Crippen molar-refractivity contribution >= 4 is 22.8 Å². The largest absolute Gasteiger partial charge is 0.481 e. The minimum atomic E-state index is -0.833. The lowest BCUT2D eigenvalue weighted by molar-refractivity contribution is -0.135. The Morgan fingerprint density at radius 3 is 2.30 bits per heavy atom. The number of nitrogens with one attached hydrogen (secondary N) is 2. The number of H-pyrrole nitrogens is 1. The number of carboxylic acid groups (broad SMARTS) is 2. The van der Waals surface area contributed by atoms with Crippen LogP contribution in [0, 0.1) is 11.7 Å². The molecule has 0 radical (unpaired) electrons. The number of carboxylic acids is 2. The molecular weight excluding hydrogens is 393 g/mol. The van der Waals surface area contributed by atoms with E-state index in [4.69, 9.17) is 19.8 Å². The average Bonchev–Trinajstić information content (AvgIpc) is 3.02. The summed E-state index contributed by atoms with van der Waals surface area (Å²) in [6.45, 7) is 5.55. The van der Waals surface area contributed by atoms with Crippen molar-refractivity contribution in [2.75, 3.05) is 26.7 Å². The van der Waals surface area contributed by atoms with Crippen molar-refractivity contribution in [3.8, 4) is 0 Å². The van der Waals surface area contributed by atoms with Crippen LogP contribution in [0.1, 0.15) is 32.4 Å². The van der Waals surface area contributed by atoms with E-state index in [0.717, 1.165) is 62.9 Å². The number of piperidine rings is 1. The molecule has 1 saturated heterocycles. The fourth-order valence-electron chi connectivity index (χ4n) is 3.30. The standard InChI is InChI=1S/C17H24FN3O.2C2H4O2/c1-21(11-17(22)12-4-6-19-7-5-12)10-15-9-13-8-14(18)2-3-16(13)20-15;2*1-2(3)4/h2-3,8-9,12,17,19-20,22H,4-7,10-11H2,1H3;2*1H3,(H,3,4). The first kappa shape index (κ1) is 25.5. The van der Waals surface area contributed by atoms with Crippen LogP contribution in [0.25, 0.3) is 10.9 Å². The Morgan fingerprint density at radius 2 is 1.73 bits per heavy atom. The fraction of sp³-hybridized carbons (Fsp3) is 0.524. The summed E-state index contributed by atoms with van der Waals surface area (Å²) in [5.41, 5.74) is 1.99. The minimum absolute atomic E-state index is 0.215. The van der Waals surface area contributed by atoms with Gasteiger partial charge in [0.05, 0.1) is 6.10 Å². The number of aliphatic hydroxyl groups excluding tert-OH is 1. The second kappa shape index (κ2) is 12.9. The van der Waals surface area contributed by atoms with Crippen LogP contribution in [0.3, 0.4) is 0 Å². The summed E-state index contributed by atoms with van der Waals surface area (Å²) in [6, 6.07) is 6.75. The molecule has 8 nitrogen and oxygen atoms in total. The molecule has 5 N–H and O–H groups in total. The Morgan fingerprint density at radius 1 is 1.17 bits per heavy atom. The molecule has 0 amide bonds. The molecular formula is C21H32FN3O5. The first-order chi connectivity index (χ1) is 14.1. The highest BCUT2D eigenvalue weighted by molar-refractivity contribution is 5.80. The number of aromatic amines is 1. The number of fused-ring (bicyclic) bond motifs is 1. The maximum atomic E-state index is 13.2. The maximum absolute atomic E-state index is 13.2. The molecule has 30 heavy (non-hydrogen) atoms. The molecule has 0 aliphatic carbocycles. The van der Waals surface area contributed by atoms with E-state index in [2.05, 4.69) is 15.2 Å². The summed E-state index contributed by atoms with van der Waals surface area (Å²) in [5.74, 6) is -1.49. The first-order valence-electron chi connectivity index (χ1n) is 9.82. The molecule has 2 aromatic rings. The van der Waals surface area contributed by atoms with Gasteiger partial charge in [-0.05, 0) is 63.2 Å². The Kier molecular flexibility index (Phi) is 11.0. The third kappa shape index (κ3) is 10.3. The summed E-state index contributed by atoms with van der Waals surface area (Å²) in [6.07, 6.45) is 1.80. The van der Waals surface area contributed by atoms with Crippen molar-refractivity contribution in [1.29, 1.82) is 0 Å². The lowest BCUT2D eigenvalue weighted by Gasteiger charge is -2.30. The molecule has 3 rings (SSSR count). The quantitative estimate of drug-likeness (QED) is 0.497. The van der Waals surface area contributed by atoms with Crippen molar-refractivity contribution < 1.29 is 29.3 Å². The van der Waals surface area contributed by atoms with Gasteiger partial charge >= 0.3 is 0 Å². The molecule has 1 unspecified atom stereocenters. The molecule has 1 fully saturated rings. The van der Waals surface area contributed by atoms with Crippen LogP contribution < -0.4 is 5.32 Å². The number of hydrogen-bond acceptors (Lipinski definition) is 5. The van der Waals surface area contributed by atoms with Crippen LogP contribution in [0.2, 0.25) is 0 Å². The monoisotopic (exact) mass is 425 g/mol. The minimum Gasteiger partial charge on any atom is -0.481 e. The molecule has 1 aromatic carbocycles. The molecule has 0 spiro atoms. The van der Waals surface area contributed by atoms with E-state index in [0.29, 0.717) is 12.5 Å². The van der Waals surface area contributed by atoms with Gasteiger partial charge in [-0.15, -0.1) is 0 Å². The summed E-state index contributed by atoms with van der Waals surface area (Å²) in [4.78, 5) is 23.4. The Balaban J connectivity index is 0.000000485. The Bertz CT molecular complexity index is 785. The number of rotatable bonds is 5. The van der Waals surface area contributed by atoms with Gasteiger partial charge in [0.25, 0.3) is 11.9 Å². The topological polar surface area (TPSA) is 126 Å². The molecule has 0 saturated carbocycles. The number of nitrogens with zero attached hydrogens (tertiary/aromatic N) is 1. The third-order valence-electron chi connectivity index (χ3n) is 4.51. The van der Waals surface area contributed by atoms with Gasteiger partial charge in [-0.1, -0.05) is 0 Å². The lowest BCUT2D eigenvalue weighted by atomic mass is 9.92. The molecule has 1 aromatic heterocycles. The predicted octanol–water partition coefficient (Wildman–Crippen LogP) is 2.28. The van der Waals surface area contributed by atoms with E-state index < -0.39 is 11.9 Å². The predicted molar refractivity (Wildman–Crippen MR) is 113 cm³/mol. The highest BCUT2D eigenvalue weighted by atomic mass is 19.1. The fourth-order valence-corrected chi connectivity index (χ4v) is 3.30. The van der Waals surface area contributed by atoms with Crippen LogP contribution in [-0.2, 0) is 16.1 Å². The molecule has 2 heterocycles. The average molecular weight is 426 g/mol. The molecule has 168 valence electrons. The number of benzene rings is 1. The van der Waals surface area contributed by atoms with E-state index in [1.807, 2.05) is 13.1 Å². The smallest absolute Gasteiger partial charge is 0.300 e. The number of aliphatic carboxylic acids is 2. The van der Waals surface area contributed by atoms with Crippen LogP contribution in [0.5, 0.6) is 0 Å². The number of likely N-dealkylation sites (N-methyl/N-ethyl adjacent to an activating group) is 1. The van der Waals surface area contributed by atoms with Crippen LogP contribution >= 0.6 is 0 Å². The number of carbonyl (C=O) groups is 2. The number of hydrogen-bond donors (Lipinski definition) is 5. The van der Waals surface area contributed by atoms with E-state index in [1.165, 1.54) is 6.07 Å². The molecule has 0 bridgehead atoms. The van der Waals surface area contributed by atoms with Crippen LogP contribution in [-0.4, -0.2) is 69.9 Å². The molecule has 1 aliphatic heterocycles. The first-order valence-corrected chi connectivity index (χ1v) is 9.82. The van der Waals surface area contributed by atoms with Crippen molar-refractivity contribution in [1.82, 2.24) is 15.2 Å². The van der Waals surface area contributed by atoms with Gasteiger partial charge in [0, 0.05) is 43.5 Å². The van der Waals surface area contributed by atoms with Gasteiger partial charge in [0.2, 0.25) is 0 Å². The van der Waals surface area contributed by atoms with Gasteiger partial charge in [0.15, 0.2) is 0 Å². The zero-order chi connectivity index (χ0) is 22.7. The van der Waals surface area contributed by atoms with Crippen molar-refractivity contribution in [3.05, 3.63) is 35.8 Å². The number of aliphatic hydroxyl groups is 1. The second-order valence-electron chi connectivity index (χ2n) is 7.42. The number of halogens is 1.